The number of hydrogen-bond acceptors (Lipinski definition) is 5. The van der Waals surface area contributed by atoms with E-state index in [-0.39, 0.29) is 5.91 Å². The van der Waals surface area contributed by atoms with Crippen LogP contribution in [-0.4, -0.2) is 48.6 Å². The Morgan fingerprint density at radius 1 is 0.833 bits per heavy atom. The summed E-state index contributed by atoms with van der Waals surface area (Å²) in [5.74, 6) is 0.605. The number of aromatic nitrogens is 2. The lowest BCUT2D eigenvalue weighted by Gasteiger charge is -2.36. The van der Waals surface area contributed by atoms with Crippen LogP contribution in [0.15, 0.2) is 60.7 Å². The van der Waals surface area contributed by atoms with Crippen LogP contribution in [0.25, 0.3) is 0 Å². The molecule has 0 spiro atoms. The molecule has 0 N–H and O–H groups in total. The van der Waals surface area contributed by atoms with Crippen molar-refractivity contribution in [2.75, 3.05) is 47.4 Å². The normalized spacial score (nSPS) is 16.0. The van der Waals surface area contributed by atoms with Gasteiger partial charge in [0.05, 0.1) is 0 Å². The van der Waals surface area contributed by atoms with Gasteiger partial charge in [-0.2, -0.15) is 0 Å². The standard InChI is InChI=1S/C24H25N5O/c1-18-17-21(23(30)29-12-11-19-7-5-6-10-22(19)29)26-24(25-18)28-15-13-27(14-16-28)20-8-3-2-4-9-20/h2-10,17H,11-16H2,1H3. The number of piperazine rings is 1. The molecule has 2 aromatic carbocycles. The molecule has 1 aromatic heterocycles. The van der Waals surface area contributed by atoms with E-state index >= 15 is 0 Å². The average Bonchev–Trinajstić information content (AvgIpc) is 3.23. The Bertz CT molecular complexity index is 1060. The zero-order valence-corrected chi connectivity index (χ0v) is 17.2. The fraction of sp³-hybridized carbons (Fsp3) is 0.292. The van der Waals surface area contributed by atoms with Crippen molar-refractivity contribution in [3.8, 4) is 0 Å². The summed E-state index contributed by atoms with van der Waals surface area (Å²) >= 11 is 0. The lowest BCUT2D eigenvalue weighted by molar-refractivity contribution is 0.0984. The Hall–Kier alpha value is -3.41. The highest BCUT2D eigenvalue weighted by Crippen LogP contribution is 2.29. The number of para-hydroxylation sites is 2. The summed E-state index contributed by atoms with van der Waals surface area (Å²) in [4.78, 5) is 29.0. The summed E-state index contributed by atoms with van der Waals surface area (Å²) < 4.78 is 0. The minimum atomic E-state index is -0.0466. The first-order valence-electron chi connectivity index (χ1n) is 10.5. The van der Waals surface area contributed by atoms with Crippen molar-refractivity contribution in [2.24, 2.45) is 0 Å². The monoisotopic (exact) mass is 399 g/mol. The molecule has 3 heterocycles. The average molecular weight is 399 g/mol. The molecule has 3 aromatic rings. The second-order valence-electron chi connectivity index (χ2n) is 7.84. The molecule has 6 nitrogen and oxygen atoms in total. The van der Waals surface area contributed by atoms with Gasteiger partial charge in [0.25, 0.3) is 5.91 Å². The van der Waals surface area contributed by atoms with E-state index in [0.29, 0.717) is 18.2 Å². The number of aryl methyl sites for hydroxylation is 1. The second-order valence-corrected chi connectivity index (χ2v) is 7.84. The van der Waals surface area contributed by atoms with Crippen LogP contribution in [0.4, 0.5) is 17.3 Å². The number of hydrogen-bond donors (Lipinski definition) is 0. The topological polar surface area (TPSA) is 52.6 Å². The van der Waals surface area contributed by atoms with Crippen LogP contribution in [0.2, 0.25) is 0 Å². The van der Waals surface area contributed by atoms with E-state index in [1.807, 2.05) is 36.1 Å². The van der Waals surface area contributed by atoms with Crippen molar-refractivity contribution in [2.45, 2.75) is 13.3 Å². The van der Waals surface area contributed by atoms with Crippen LogP contribution in [0.5, 0.6) is 0 Å². The lowest BCUT2D eigenvalue weighted by Crippen LogP contribution is -2.47. The van der Waals surface area contributed by atoms with Crippen LogP contribution in [0, 0.1) is 6.92 Å². The fourth-order valence-corrected chi connectivity index (χ4v) is 4.29. The number of fused-ring (bicyclic) bond motifs is 1. The molecule has 0 radical (unpaired) electrons. The summed E-state index contributed by atoms with van der Waals surface area (Å²) in [6, 6.07) is 20.4. The third kappa shape index (κ3) is 3.49. The number of anilines is 3. The quantitative estimate of drug-likeness (QED) is 0.676. The van der Waals surface area contributed by atoms with E-state index in [0.717, 1.165) is 44.0 Å². The smallest absolute Gasteiger partial charge is 0.277 e. The highest BCUT2D eigenvalue weighted by molar-refractivity contribution is 6.06. The molecule has 0 saturated carbocycles. The highest BCUT2D eigenvalue weighted by atomic mass is 16.2. The Balaban J connectivity index is 1.34. The first kappa shape index (κ1) is 18.6. The molecule has 2 aliphatic rings. The highest BCUT2D eigenvalue weighted by Gasteiger charge is 2.27. The van der Waals surface area contributed by atoms with Gasteiger partial charge in [-0.1, -0.05) is 36.4 Å². The van der Waals surface area contributed by atoms with Gasteiger partial charge in [-0.05, 0) is 43.2 Å². The molecule has 0 atom stereocenters. The Kier molecular flexibility index (Phi) is 4.83. The van der Waals surface area contributed by atoms with Gasteiger partial charge in [-0.25, -0.2) is 9.97 Å². The van der Waals surface area contributed by atoms with Gasteiger partial charge in [0.1, 0.15) is 5.69 Å². The summed E-state index contributed by atoms with van der Waals surface area (Å²) in [5, 5.41) is 0. The summed E-state index contributed by atoms with van der Waals surface area (Å²) in [6.07, 6.45) is 0.889. The van der Waals surface area contributed by atoms with Crippen LogP contribution < -0.4 is 14.7 Å². The van der Waals surface area contributed by atoms with E-state index in [4.69, 9.17) is 0 Å². The molecule has 1 saturated heterocycles. The van der Waals surface area contributed by atoms with Crippen molar-refractivity contribution in [1.82, 2.24) is 9.97 Å². The molecular weight excluding hydrogens is 374 g/mol. The van der Waals surface area contributed by atoms with E-state index in [1.165, 1.54) is 11.3 Å². The summed E-state index contributed by atoms with van der Waals surface area (Å²) in [6.45, 7) is 6.11. The van der Waals surface area contributed by atoms with Crippen molar-refractivity contribution in [3.63, 3.8) is 0 Å². The van der Waals surface area contributed by atoms with Gasteiger partial charge < -0.3 is 14.7 Å². The van der Waals surface area contributed by atoms with Gasteiger partial charge in [-0.15, -0.1) is 0 Å². The van der Waals surface area contributed by atoms with Gasteiger partial charge >= 0.3 is 0 Å². The Morgan fingerprint density at radius 3 is 2.33 bits per heavy atom. The molecular formula is C24H25N5O. The largest absolute Gasteiger partial charge is 0.368 e. The predicted molar refractivity (Wildman–Crippen MR) is 119 cm³/mol. The van der Waals surface area contributed by atoms with Crippen LogP contribution >= 0.6 is 0 Å². The van der Waals surface area contributed by atoms with Crippen LogP contribution in [0.1, 0.15) is 21.7 Å². The third-order valence-electron chi connectivity index (χ3n) is 5.88. The molecule has 0 aliphatic carbocycles. The van der Waals surface area contributed by atoms with E-state index in [9.17, 15) is 4.79 Å². The molecule has 5 rings (SSSR count). The maximum atomic E-state index is 13.2. The molecule has 2 aliphatic heterocycles. The third-order valence-corrected chi connectivity index (χ3v) is 5.88. The van der Waals surface area contributed by atoms with Crippen molar-refractivity contribution in [3.05, 3.63) is 77.6 Å². The SMILES string of the molecule is Cc1cc(C(=O)N2CCc3ccccc32)nc(N2CCN(c3ccccc3)CC2)n1. The zero-order chi connectivity index (χ0) is 20.5. The lowest BCUT2D eigenvalue weighted by atomic mass is 10.2. The second kappa shape index (κ2) is 7.78. The number of nitrogens with zero attached hydrogens (tertiary/aromatic N) is 5. The van der Waals surface area contributed by atoms with E-state index in [2.05, 4.69) is 50.1 Å². The number of amides is 1. The molecule has 1 amide bonds. The van der Waals surface area contributed by atoms with Gasteiger partial charge in [0.2, 0.25) is 5.95 Å². The maximum absolute atomic E-state index is 13.2. The number of carbonyl (C=O) groups excluding carboxylic acids is 1. The van der Waals surface area contributed by atoms with Gasteiger partial charge in [-0.3, -0.25) is 4.79 Å². The van der Waals surface area contributed by atoms with Crippen LogP contribution in [-0.2, 0) is 6.42 Å². The van der Waals surface area contributed by atoms with E-state index < -0.39 is 0 Å². The minimum absolute atomic E-state index is 0.0466. The van der Waals surface area contributed by atoms with Gasteiger partial charge in [0.15, 0.2) is 0 Å². The first-order chi connectivity index (χ1) is 14.7. The predicted octanol–water partition coefficient (Wildman–Crippen LogP) is 3.31. The molecule has 0 bridgehead atoms. The first-order valence-corrected chi connectivity index (χ1v) is 10.5. The van der Waals surface area contributed by atoms with Gasteiger partial charge in [0, 0.05) is 49.8 Å². The number of benzene rings is 2. The minimum Gasteiger partial charge on any atom is -0.368 e. The van der Waals surface area contributed by atoms with Crippen molar-refractivity contribution < 1.29 is 4.79 Å². The molecule has 6 heteroatoms. The fourth-order valence-electron chi connectivity index (χ4n) is 4.29. The summed E-state index contributed by atoms with van der Waals surface area (Å²) in [5.41, 5.74) is 4.75. The summed E-state index contributed by atoms with van der Waals surface area (Å²) in [7, 11) is 0. The number of carbonyl (C=O) groups is 1. The molecule has 1 fully saturated rings. The Labute approximate surface area is 176 Å². The van der Waals surface area contributed by atoms with Crippen molar-refractivity contribution in [1.29, 1.82) is 0 Å². The van der Waals surface area contributed by atoms with Crippen molar-refractivity contribution >= 4 is 23.2 Å². The van der Waals surface area contributed by atoms with Crippen LogP contribution in [0.3, 0.4) is 0 Å². The molecule has 30 heavy (non-hydrogen) atoms. The molecule has 152 valence electrons. The number of rotatable bonds is 3. The van der Waals surface area contributed by atoms with E-state index in [1.54, 1.807) is 6.07 Å². The Morgan fingerprint density at radius 2 is 1.53 bits per heavy atom. The zero-order valence-electron chi connectivity index (χ0n) is 17.2. The molecule has 0 unspecified atom stereocenters. The maximum Gasteiger partial charge on any atom is 0.277 e.